The maximum Gasteiger partial charge on any atom is 0.316 e. The minimum atomic E-state index is -0.664. The Morgan fingerprint density at radius 1 is 1.25 bits per heavy atom. The Balaban J connectivity index is 1.88. The molecule has 0 saturated heterocycles. The average Bonchev–Trinajstić information content (AvgIpc) is 2.57. The number of carbonyl (C=O) groups excluding carboxylic acids is 1. The summed E-state index contributed by atoms with van der Waals surface area (Å²) in [5.41, 5.74) is 0.399. The molecule has 1 aliphatic carbocycles. The van der Waals surface area contributed by atoms with Gasteiger partial charge in [0.1, 0.15) is 0 Å². The quantitative estimate of drug-likeness (QED) is 0.845. The standard InChI is InChI=1S/C18H23N3O3/c1-3-21-15-9-6-12(10-14(15)20-17(23)18(21)24)16(22)19-13-7-4-11(2)5-8-13/h6,9-11,13H,3-5,7-8H2,1-2H3,(H,19,22)(H,20,23). The van der Waals surface area contributed by atoms with Gasteiger partial charge in [0, 0.05) is 18.2 Å². The zero-order chi connectivity index (χ0) is 17.3. The first-order chi connectivity index (χ1) is 11.5. The van der Waals surface area contributed by atoms with Crippen molar-refractivity contribution in [3.8, 4) is 0 Å². The highest BCUT2D eigenvalue weighted by Gasteiger charge is 2.20. The second-order valence-corrected chi connectivity index (χ2v) is 6.67. The molecule has 128 valence electrons. The van der Waals surface area contributed by atoms with Crippen LogP contribution in [0.1, 0.15) is 49.9 Å². The number of carbonyl (C=O) groups is 1. The lowest BCUT2D eigenvalue weighted by molar-refractivity contribution is 0.0923. The lowest BCUT2D eigenvalue weighted by Gasteiger charge is -2.26. The Morgan fingerprint density at radius 2 is 1.96 bits per heavy atom. The Labute approximate surface area is 139 Å². The summed E-state index contributed by atoms with van der Waals surface area (Å²) in [4.78, 5) is 38.7. The molecule has 6 heteroatoms. The normalized spacial score (nSPS) is 20.9. The first-order valence-electron chi connectivity index (χ1n) is 8.57. The van der Waals surface area contributed by atoms with Crippen LogP contribution in [0.25, 0.3) is 11.0 Å². The van der Waals surface area contributed by atoms with Crippen molar-refractivity contribution in [1.29, 1.82) is 0 Å². The van der Waals surface area contributed by atoms with Crippen LogP contribution >= 0.6 is 0 Å². The molecule has 2 N–H and O–H groups in total. The number of hydrogen-bond donors (Lipinski definition) is 2. The summed E-state index contributed by atoms with van der Waals surface area (Å²) in [6.45, 7) is 4.46. The highest BCUT2D eigenvalue weighted by Crippen LogP contribution is 2.23. The minimum absolute atomic E-state index is 0.133. The van der Waals surface area contributed by atoms with Crippen molar-refractivity contribution in [3.63, 3.8) is 0 Å². The Bertz CT molecular complexity index is 873. The third kappa shape index (κ3) is 3.13. The van der Waals surface area contributed by atoms with Gasteiger partial charge < -0.3 is 14.9 Å². The number of benzene rings is 1. The fourth-order valence-corrected chi connectivity index (χ4v) is 3.41. The molecule has 0 spiro atoms. The predicted octanol–water partition coefficient (Wildman–Crippen LogP) is 2.02. The Kier molecular flexibility index (Phi) is 4.55. The third-order valence-electron chi connectivity index (χ3n) is 4.90. The van der Waals surface area contributed by atoms with Gasteiger partial charge in [0.2, 0.25) is 0 Å². The van der Waals surface area contributed by atoms with Crippen LogP contribution in [0.2, 0.25) is 0 Å². The van der Waals surface area contributed by atoms with E-state index >= 15 is 0 Å². The number of rotatable bonds is 3. The smallest absolute Gasteiger partial charge is 0.316 e. The van der Waals surface area contributed by atoms with Gasteiger partial charge in [0.25, 0.3) is 5.91 Å². The summed E-state index contributed by atoms with van der Waals surface area (Å²) < 4.78 is 1.42. The molecule has 2 aromatic rings. The third-order valence-corrected chi connectivity index (χ3v) is 4.90. The van der Waals surface area contributed by atoms with Gasteiger partial charge in [-0.05, 0) is 56.7 Å². The highest BCUT2D eigenvalue weighted by molar-refractivity contribution is 5.97. The molecule has 1 amide bonds. The van der Waals surface area contributed by atoms with Crippen molar-refractivity contribution >= 4 is 16.9 Å². The average molecular weight is 329 g/mol. The second-order valence-electron chi connectivity index (χ2n) is 6.67. The van der Waals surface area contributed by atoms with Crippen molar-refractivity contribution in [1.82, 2.24) is 14.9 Å². The number of fused-ring (bicyclic) bond motifs is 1. The fourth-order valence-electron chi connectivity index (χ4n) is 3.41. The maximum atomic E-state index is 12.5. The fraction of sp³-hybridized carbons (Fsp3) is 0.500. The first kappa shape index (κ1) is 16.5. The van der Waals surface area contributed by atoms with Gasteiger partial charge in [0.05, 0.1) is 11.0 Å². The molecule has 0 aliphatic heterocycles. The largest absolute Gasteiger partial charge is 0.349 e. The molecule has 0 radical (unpaired) electrons. The van der Waals surface area contributed by atoms with E-state index in [1.807, 2.05) is 6.92 Å². The number of amides is 1. The summed E-state index contributed by atoms with van der Waals surface area (Å²) in [7, 11) is 0. The molecule has 0 atom stereocenters. The molecule has 1 heterocycles. The van der Waals surface area contributed by atoms with Crippen molar-refractivity contribution in [3.05, 3.63) is 44.5 Å². The molecule has 1 aliphatic rings. The lowest BCUT2D eigenvalue weighted by Crippen LogP contribution is -2.38. The van der Waals surface area contributed by atoms with Crippen LogP contribution in [-0.2, 0) is 6.54 Å². The zero-order valence-electron chi connectivity index (χ0n) is 14.1. The lowest BCUT2D eigenvalue weighted by atomic mass is 9.87. The van der Waals surface area contributed by atoms with Crippen molar-refractivity contribution in [2.45, 2.75) is 52.1 Å². The molecule has 6 nitrogen and oxygen atoms in total. The molecule has 24 heavy (non-hydrogen) atoms. The molecule has 1 saturated carbocycles. The van der Waals surface area contributed by atoms with Crippen molar-refractivity contribution in [2.24, 2.45) is 5.92 Å². The van der Waals surface area contributed by atoms with E-state index in [9.17, 15) is 14.4 Å². The number of aromatic amines is 1. The van der Waals surface area contributed by atoms with E-state index in [1.165, 1.54) is 4.57 Å². The molecular weight excluding hydrogens is 306 g/mol. The number of aromatic nitrogens is 2. The Morgan fingerprint density at radius 3 is 2.62 bits per heavy atom. The van der Waals surface area contributed by atoms with E-state index in [2.05, 4.69) is 17.2 Å². The topological polar surface area (TPSA) is 84.0 Å². The van der Waals surface area contributed by atoms with E-state index in [1.54, 1.807) is 18.2 Å². The summed E-state index contributed by atoms with van der Waals surface area (Å²) in [6, 6.07) is 5.28. The summed E-state index contributed by atoms with van der Waals surface area (Å²) in [5.74, 6) is 0.598. The molecule has 3 rings (SSSR count). The number of nitrogens with one attached hydrogen (secondary N) is 2. The monoisotopic (exact) mass is 329 g/mol. The van der Waals surface area contributed by atoms with E-state index in [-0.39, 0.29) is 11.9 Å². The molecule has 1 aromatic carbocycles. The van der Waals surface area contributed by atoms with Gasteiger partial charge >= 0.3 is 11.1 Å². The van der Waals surface area contributed by atoms with E-state index in [0.29, 0.717) is 23.1 Å². The van der Waals surface area contributed by atoms with Gasteiger partial charge in [-0.3, -0.25) is 14.4 Å². The van der Waals surface area contributed by atoms with Gasteiger partial charge in [0.15, 0.2) is 0 Å². The van der Waals surface area contributed by atoms with Crippen LogP contribution in [0.3, 0.4) is 0 Å². The van der Waals surface area contributed by atoms with Crippen LogP contribution in [0.5, 0.6) is 0 Å². The molecule has 0 unspecified atom stereocenters. The van der Waals surface area contributed by atoms with Crippen LogP contribution < -0.4 is 16.4 Å². The van der Waals surface area contributed by atoms with Crippen LogP contribution in [-0.4, -0.2) is 21.5 Å². The summed E-state index contributed by atoms with van der Waals surface area (Å²) in [6.07, 6.45) is 4.29. The Hall–Kier alpha value is -2.37. The van der Waals surface area contributed by atoms with Crippen molar-refractivity contribution in [2.75, 3.05) is 0 Å². The van der Waals surface area contributed by atoms with Crippen LogP contribution in [0.4, 0.5) is 0 Å². The number of nitrogens with zero attached hydrogens (tertiary/aromatic N) is 1. The van der Waals surface area contributed by atoms with E-state index in [0.717, 1.165) is 31.6 Å². The number of H-pyrrole nitrogens is 1. The molecule has 1 aromatic heterocycles. The minimum Gasteiger partial charge on any atom is -0.349 e. The second kappa shape index (κ2) is 6.63. The molecule has 0 bridgehead atoms. The number of aryl methyl sites for hydroxylation is 1. The zero-order valence-corrected chi connectivity index (χ0v) is 14.1. The van der Waals surface area contributed by atoms with Crippen molar-refractivity contribution < 1.29 is 4.79 Å². The molecular formula is C18H23N3O3. The van der Waals surface area contributed by atoms with E-state index < -0.39 is 11.1 Å². The van der Waals surface area contributed by atoms with Crippen LogP contribution in [0.15, 0.2) is 27.8 Å². The number of hydrogen-bond acceptors (Lipinski definition) is 3. The van der Waals surface area contributed by atoms with Gasteiger partial charge in [-0.15, -0.1) is 0 Å². The van der Waals surface area contributed by atoms with Crippen LogP contribution in [0, 0.1) is 5.92 Å². The maximum absolute atomic E-state index is 12.5. The van der Waals surface area contributed by atoms with Gasteiger partial charge in [-0.25, -0.2) is 0 Å². The summed E-state index contributed by atoms with van der Waals surface area (Å²) in [5, 5.41) is 3.08. The van der Waals surface area contributed by atoms with Gasteiger partial charge in [-0.2, -0.15) is 0 Å². The first-order valence-corrected chi connectivity index (χ1v) is 8.57. The molecule has 1 fully saturated rings. The summed E-state index contributed by atoms with van der Waals surface area (Å²) >= 11 is 0. The van der Waals surface area contributed by atoms with E-state index in [4.69, 9.17) is 0 Å². The predicted molar refractivity (Wildman–Crippen MR) is 93.4 cm³/mol. The highest BCUT2D eigenvalue weighted by atomic mass is 16.2. The van der Waals surface area contributed by atoms with Gasteiger partial charge in [-0.1, -0.05) is 6.92 Å². The SMILES string of the molecule is CCn1c(=O)c(=O)[nH]c2cc(C(=O)NC3CCC(C)CC3)ccc21.